The minimum atomic E-state index is -0.445. The van der Waals surface area contributed by atoms with Crippen molar-refractivity contribution in [1.82, 2.24) is 5.32 Å². The van der Waals surface area contributed by atoms with E-state index in [0.29, 0.717) is 15.8 Å². The third-order valence-corrected chi connectivity index (χ3v) is 7.40. The third kappa shape index (κ3) is 5.09. The standard InChI is InChI=1S/C25H31Cl2NO3/c1-16(28-3)24-23(17-4-6-18(26)7-5-17)21(10-11-25(24,2)15-30)20-9-8-19(14-22(20)27)31-13-12-29/h4-9,14-16,21,23-24,28-29H,10-13H2,1-3H3. The van der Waals surface area contributed by atoms with E-state index in [1.54, 1.807) is 0 Å². The zero-order valence-electron chi connectivity index (χ0n) is 18.3. The quantitative estimate of drug-likeness (QED) is 0.510. The van der Waals surface area contributed by atoms with Crippen LogP contribution in [-0.2, 0) is 4.79 Å². The summed E-state index contributed by atoms with van der Waals surface area (Å²) in [6.45, 7) is 4.40. The Morgan fingerprint density at radius 3 is 2.55 bits per heavy atom. The number of hydrogen-bond acceptors (Lipinski definition) is 4. The Morgan fingerprint density at radius 2 is 1.97 bits per heavy atom. The molecule has 0 aromatic heterocycles. The lowest BCUT2D eigenvalue weighted by Gasteiger charge is -2.50. The summed E-state index contributed by atoms with van der Waals surface area (Å²) in [6.07, 6.45) is 2.78. The molecule has 0 aliphatic heterocycles. The van der Waals surface area contributed by atoms with Crippen molar-refractivity contribution in [2.75, 3.05) is 20.3 Å². The van der Waals surface area contributed by atoms with Gasteiger partial charge in [0.2, 0.25) is 0 Å². The predicted molar refractivity (Wildman–Crippen MR) is 126 cm³/mol. The number of aliphatic hydroxyl groups excluding tert-OH is 1. The number of halogens is 2. The van der Waals surface area contributed by atoms with E-state index in [2.05, 4.69) is 31.3 Å². The van der Waals surface area contributed by atoms with Crippen LogP contribution in [0.3, 0.4) is 0 Å². The molecule has 2 aromatic rings. The number of benzene rings is 2. The smallest absolute Gasteiger partial charge is 0.126 e. The Balaban J connectivity index is 2.09. The molecule has 1 fully saturated rings. The number of aldehydes is 1. The van der Waals surface area contributed by atoms with Gasteiger partial charge in [-0.05, 0) is 80.0 Å². The molecule has 5 atom stereocenters. The van der Waals surface area contributed by atoms with Crippen molar-refractivity contribution in [3.63, 3.8) is 0 Å². The fourth-order valence-corrected chi connectivity index (χ4v) is 5.64. The van der Waals surface area contributed by atoms with Crippen molar-refractivity contribution in [3.8, 4) is 5.75 Å². The van der Waals surface area contributed by atoms with Crippen molar-refractivity contribution in [2.45, 2.75) is 44.6 Å². The molecule has 168 valence electrons. The zero-order chi connectivity index (χ0) is 22.6. The summed E-state index contributed by atoms with van der Waals surface area (Å²) in [6, 6.07) is 13.8. The molecule has 2 N–H and O–H groups in total. The molecule has 0 spiro atoms. The van der Waals surface area contributed by atoms with Crippen molar-refractivity contribution in [2.24, 2.45) is 11.3 Å². The molecule has 1 aliphatic rings. The van der Waals surface area contributed by atoms with E-state index < -0.39 is 5.41 Å². The maximum absolute atomic E-state index is 12.3. The highest BCUT2D eigenvalue weighted by atomic mass is 35.5. The molecule has 0 saturated heterocycles. The normalized spacial score (nSPS) is 27.0. The lowest BCUT2D eigenvalue weighted by molar-refractivity contribution is -0.121. The second-order valence-electron chi connectivity index (χ2n) is 8.70. The van der Waals surface area contributed by atoms with Crippen LogP contribution in [0.25, 0.3) is 0 Å². The van der Waals surface area contributed by atoms with Gasteiger partial charge in [-0.3, -0.25) is 0 Å². The van der Waals surface area contributed by atoms with E-state index in [1.807, 2.05) is 37.4 Å². The van der Waals surface area contributed by atoms with Crippen LogP contribution < -0.4 is 10.1 Å². The molecular weight excluding hydrogens is 433 g/mol. The van der Waals surface area contributed by atoms with Crippen LogP contribution in [0.2, 0.25) is 10.0 Å². The van der Waals surface area contributed by atoms with Crippen LogP contribution in [0.1, 0.15) is 49.7 Å². The number of hydrogen-bond donors (Lipinski definition) is 2. The number of nitrogens with one attached hydrogen (secondary N) is 1. The first-order valence-electron chi connectivity index (χ1n) is 10.8. The second kappa shape index (κ2) is 10.4. The topological polar surface area (TPSA) is 58.6 Å². The molecule has 0 bridgehead atoms. The molecule has 6 heteroatoms. The highest BCUT2D eigenvalue weighted by Crippen LogP contribution is 2.56. The van der Waals surface area contributed by atoms with Crippen molar-refractivity contribution < 1.29 is 14.6 Å². The van der Waals surface area contributed by atoms with Crippen molar-refractivity contribution >= 4 is 29.5 Å². The van der Waals surface area contributed by atoms with E-state index >= 15 is 0 Å². The highest BCUT2D eigenvalue weighted by molar-refractivity contribution is 6.31. The summed E-state index contributed by atoms with van der Waals surface area (Å²) in [5, 5.41) is 13.7. The van der Waals surface area contributed by atoms with Crippen LogP contribution in [0.4, 0.5) is 0 Å². The van der Waals surface area contributed by atoms with E-state index in [9.17, 15) is 4.79 Å². The Hall–Kier alpha value is -1.59. The molecule has 31 heavy (non-hydrogen) atoms. The maximum atomic E-state index is 12.3. The largest absolute Gasteiger partial charge is 0.491 e. The fraction of sp³-hybridized carbons (Fsp3) is 0.480. The number of rotatable bonds is 8. The molecule has 1 aliphatic carbocycles. The van der Waals surface area contributed by atoms with E-state index in [1.165, 1.54) is 0 Å². The summed E-state index contributed by atoms with van der Waals surface area (Å²) in [5.74, 6) is 0.954. The monoisotopic (exact) mass is 463 g/mol. The average molecular weight is 464 g/mol. The Morgan fingerprint density at radius 1 is 1.26 bits per heavy atom. The lowest BCUT2D eigenvalue weighted by atomic mass is 9.54. The summed E-state index contributed by atoms with van der Waals surface area (Å²) in [5.41, 5.74) is 1.77. The summed E-state index contributed by atoms with van der Waals surface area (Å²) < 4.78 is 5.52. The number of aliphatic hydroxyl groups is 1. The maximum Gasteiger partial charge on any atom is 0.126 e. The van der Waals surface area contributed by atoms with Gasteiger partial charge in [0.15, 0.2) is 0 Å². The Kier molecular flexibility index (Phi) is 8.03. The van der Waals surface area contributed by atoms with Crippen LogP contribution in [0, 0.1) is 11.3 Å². The van der Waals surface area contributed by atoms with Crippen LogP contribution in [-0.4, -0.2) is 37.7 Å². The molecular formula is C25H31Cl2NO3. The lowest BCUT2D eigenvalue weighted by Crippen LogP contribution is -2.49. The molecule has 0 heterocycles. The van der Waals surface area contributed by atoms with Gasteiger partial charge in [-0.25, -0.2) is 0 Å². The molecule has 0 amide bonds. The second-order valence-corrected chi connectivity index (χ2v) is 9.55. The first-order valence-corrected chi connectivity index (χ1v) is 11.5. The first-order chi connectivity index (χ1) is 14.8. The molecule has 1 saturated carbocycles. The van der Waals surface area contributed by atoms with Crippen molar-refractivity contribution in [1.29, 1.82) is 0 Å². The van der Waals surface area contributed by atoms with Gasteiger partial charge in [-0.15, -0.1) is 0 Å². The van der Waals surface area contributed by atoms with Gasteiger partial charge in [0, 0.05) is 21.5 Å². The van der Waals surface area contributed by atoms with E-state index in [4.69, 9.17) is 33.0 Å². The fourth-order valence-electron chi connectivity index (χ4n) is 5.21. The minimum absolute atomic E-state index is 0.0471. The van der Waals surface area contributed by atoms with Gasteiger partial charge in [0.05, 0.1) is 6.61 Å². The number of carbonyl (C=O) groups excluding carboxylic acids is 1. The van der Waals surface area contributed by atoms with Crippen LogP contribution in [0.5, 0.6) is 5.75 Å². The third-order valence-electron chi connectivity index (χ3n) is 6.83. The Labute approximate surface area is 194 Å². The highest BCUT2D eigenvalue weighted by Gasteiger charge is 2.49. The van der Waals surface area contributed by atoms with Crippen molar-refractivity contribution in [3.05, 3.63) is 63.6 Å². The molecule has 2 aromatic carbocycles. The average Bonchev–Trinajstić information content (AvgIpc) is 2.78. The Bertz CT molecular complexity index is 889. The van der Waals surface area contributed by atoms with Crippen LogP contribution in [0.15, 0.2) is 42.5 Å². The van der Waals surface area contributed by atoms with E-state index in [-0.39, 0.29) is 37.0 Å². The number of carbonyl (C=O) groups is 1. The van der Waals surface area contributed by atoms with Gasteiger partial charge in [0.25, 0.3) is 0 Å². The molecule has 3 rings (SSSR count). The zero-order valence-corrected chi connectivity index (χ0v) is 19.8. The van der Waals surface area contributed by atoms with Crippen LogP contribution >= 0.6 is 23.2 Å². The summed E-state index contributed by atoms with van der Waals surface area (Å²) in [4.78, 5) is 12.3. The van der Waals surface area contributed by atoms with Gasteiger partial charge in [-0.2, -0.15) is 0 Å². The molecule has 5 unspecified atom stereocenters. The minimum Gasteiger partial charge on any atom is -0.491 e. The van der Waals surface area contributed by atoms with E-state index in [0.717, 1.165) is 30.3 Å². The SMILES string of the molecule is CNC(C)C1C(c2ccc(Cl)cc2)C(c2ccc(OCCO)cc2Cl)CCC1(C)C=O. The van der Waals surface area contributed by atoms with Gasteiger partial charge in [0.1, 0.15) is 18.6 Å². The predicted octanol–water partition coefficient (Wildman–Crippen LogP) is 5.46. The molecule has 0 radical (unpaired) electrons. The van der Waals surface area contributed by atoms with Gasteiger partial charge >= 0.3 is 0 Å². The summed E-state index contributed by atoms with van der Waals surface area (Å²) in [7, 11) is 1.94. The van der Waals surface area contributed by atoms with Gasteiger partial charge in [-0.1, -0.05) is 48.3 Å². The molecule has 4 nitrogen and oxygen atoms in total. The summed E-state index contributed by atoms with van der Waals surface area (Å²) >= 11 is 12.9. The van der Waals surface area contributed by atoms with Gasteiger partial charge < -0.3 is 20.0 Å². The first kappa shape index (κ1) is 24.1. The number of ether oxygens (including phenoxy) is 1.